The van der Waals surface area contributed by atoms with Gasteiger partial charge in [0, 0.05) is 12.2 Å². The number of benzene rings is 1. The van der Waals surface area contributed by atoms with Crippen molar-refractivity contribution in [2.45, 2.75) is 45.4 Å². The second kappa shape index (κ2) is 7.55. The molecule has 1 aromatic carbocycles. The molecule has 0 bridgehead atoms. The van der Waals surface area contributed by atoms with Gasteiger partial charge in [0.1, 0.15) is 12.4 Å². The van der Waals surface area contributed by atoms with Crippen LogP contribution in [0.25, 0.3) is 0 Å². The molecule has 0 radical (unpaired) electrons. The van der Waals surface area contributed by atoms with Crippen molar-refractivity contribution in [2.24, 2.45) is 5.41 Å². The van der Waals surface area contributed by atoms with Gasteiger partial charge >= 0.3 is 12.3 Å². The molecule has 9 heteroatoms. The average Bonchev–Trinajstić information content (AvgIpc) is 3.32. The Balaban J connectivity index is 0.000000369. The number of fused-ring (bicyclic) bond motifs is 1. The molecule has 1 aromatic rings. The predicted octanol–water partition coefficient (Wildman–Crippen LogP) is 4.69. The molecule has 0 saturated heterocycles. The quantitative estimate of drug-likeness (QED) is 0.772. The molecule has 0 atom stereocenters. The van der Waals surface area contributed by atoms with Gasteiger partial charge in [0.15, 0.2) is 0 Å². The van der Waals surface area contributed by atoms with Crippen LogP contribution in [0.5, 0.6) is 5.75 Å². The van der Waals surface area contributed by atoms with Gasteiger partial charge in [-0.25, -0.2) is 4.79 Å². The minimum Gasteiger partial charge on any atom is -0.490 e. The molecule has 1 amide bonds. The van der Waals surface area contributed by atoms with Crippen molar-refractivity contribution in [1.29, 1.82) is 5.26 Å². The molecule has 148 valence electrons. The average molecular weight is 385 g/mol. The normalized spacial score (nSPS) is 16.9. The van der Waals surface area contributed by atoms with Crippen molar-refractivity contribution in [3.05, 3.63) is 18.2 Å². The lowest BCUT2D eigenvalue weighted by atomic mass is 10.1. The van der Waals surface area contributed by atoms with Gasteiger partial charge in [-0.3, -0.25) is 5.32 Å². The zero-order valence-corrected chi connectivity index (χ0v) is 15.4. The summed E-state index contributed by atoms with van der Waals surface area (Å²) in [6.07, 6.45) is -3.59. The van der Waals surface area contributed by atoms with Gasteiger partial charge in [-0.1, -0.05) is 0 Å². The molecule has 2 N–H and O–H groups in total. The highest BCUT2D eigenvalue weighted by molar-refractivity contribution is 5.86. The van der Waals surface area contributed by atoms with Gasteiger partial charge in [0.2, 0.25) is 5.60 Å². The summed E-state index contributed by atoms with van der Waals surface area (Å²) < 4.78 is 47.7. The number of carbonyl (C=O) groups is 1. The maximum Gasteiger partial charge on any atom is 0.427 e. The molecule has 1 fully saturated rings. The lowest BCUT2D eigenvalue weighted by molar-refractivity contribution is -0.242. The molecule has 1 saturated carbocycles. The predicted molar refractivity (Wildman–Crippen MR) is 93.6 cm³/mol. The van der Waals surface area contributed by atoms with Gasteiger partial charge < -0.3 is 14.8 Å². The molecule has 27 heavy (non-hydrogen) atoms. The number of rotatable bonds is 2. The summed E-state index contributed by atoms with van der Waals surface area (Å²) in [7, 11) is 0. The maximum absolute atomic E-state index is 12.6. The number of nitrogens with one attached hydrogen (secondary N) is 2. The fourth-order valence-corrected chi connectivity index (χ4v) is 1.95. The van der Waals surface area contributed by atoms with E-state index in [1.165, 1.54) is 6.07 Å². The van der Waals surface area contributed by atoms with Crippen LogP contribution in [0.4, 0.5) is 29.3 Å². The standard InChI is InChI=1S/C13H15F3N2O3.C5H7N/c1-12(2,13(14,15)16)21-11(19)18-8-3-4-10-9(7-8)17-5-6-20-10;1-5(4-6)2-3-5/h3-4,7,17H,5-6H2,1-2H3,(H,18,19);2-3H2,1H3. The highest BCUT2D eigenvalue weighted by Gasteiger charge is 2.51. The first-order chi connectivity index (χ1) is 12.5. The molecule has 1 aliphatic heterocycles. The number of nitrogens with zero attached hydrogens (tertiary/aromatic N) is 1. The number of hydrogen-bond acceptors (Lipinski definition) is 5. The Bertz CT molecular complexity index is 738. The minimum absolute atomic E-state index is 0.0972. The second-order valence-electron chi connectivity index (χ2n) is 7.18. The van der Waals surface area contributed by atoms with Crippen LogP contribution in [-0.2, 0) is 4.74 Å². The minimum atomic E-state index is -4.64. The monoisotopic (exact) mass is 385 g/mol. The smallest absolute Gasteiger partial charge is 0.427 e. The number of halogens is 3. The fraction of sp³-hybridized carbons (Fsp3) is 0.556. The number of hydrogen-bond donors (Lipinski definition) is 2. The fourth-order valence-electron chi connectivity index (χ4n) is 1.95. The highest BCUT2D eigenvalue weighted by atomic mass is 19.4. The molecule has 1 aliphatic carbocycles. The van der Waals surface area contributed by atoms with E-state index in [0.29, 0.717) is 30.3 Å². The van der Waals surface area contributed by atoms with Crippen molar-refractivity contribution < 1.29 is 27.4 Å². The van der Waals surface area contributed by atoms with E-state index >= 15 is 0 Å². The van der Waals surface area contributed by atoms with E-state index in [0.717, 1.165) is 26.7 Å². The molecular weight excluding hydrogens is 363 g/mol. The SMILES string of the molecule is CC(C)(OC(=O)Nc1ccc2c(c1)NCCO2)C(F)(F)F.CC1(C#N)CC1. The van der Waals surface area contributed by atoms with Crippen LogP contribution < -0.4 is 15.4 Å². The number of anilines is 2. The Morgan fingerprint density at radius 2 is 2.04 bits per heavy atom. The van der Waals surface area contributed by atoms with Crippen LogP contribution in [-0.4, -0.2) is 31.0 Å². The van der Waals surface area contributed by atoms with Crippen molar-refractivity contribution in [3.63, 3.8) is 0 Å². The number of carbonyl (C=O) groups excluding carboxylic acids is 1. The summed E-state index contributed by atoms with van der Waals surface area (Å²) >= 11 is 0. The third-order valence-electron chi connectivity index (χ3n) is 4.20. The third kappa shape index (κ3) is 5.67. The number of nitriles is 1. The zero-order chi connectivity index (χ0) is 20.3. The van der Waals surface area contributed by atoms with Crippen molar-refractivity contribution >= 4 is 17.5 Å². The van der Waals surface area contributed by atoms with E-state index in [-0.39, 0.29) is 5.41 Å². The summed E-state index contributed by atoms with van der Waals surface area (Å²) in [5.41, 5.74) is -1.49. The second-order valence-corrected chi connectivity index (χ2v) is 7.18. The molecule has 3 rings (SSSR count). The molecule has 0 unspecified atom stereocenters. The summed E-state index contributed by atoms with van der Waals surface area (Å²) in [5, 5.41) is 13.5. The summed E-state index contributed by atoms with van der Waals surface area (Å²) in [6.45, 7) is 4.71. The van der Waals surface area contributed by atoms with E-state index in [1.807, 2.05) is 6.92 Å². The van der Waals surface area contributed by atoms with Crippen LogP contribution in [0.3, 0.4) is 0 Å². The lowest BCUT2D eigenvalue weighted by Gasteiger charge is -2.27. The Morgan fingerprint density at radius 1 is 1.37 bits per heavy atom. The van der Waals surface area contributed by atoms with Crippen molar-refractivity contribution in [3.8, 4) is 11.8 Å². The number of alkyl halides is 3. The Kier molecular flexibility index (Phi) is 5.78. The number of ether oxygens (including phenoxy) is 2. The largest absolute Gasteiger partial charge is 0.490 e. The lowest BCUT2D eigenvalue weighted by Crippen LogP contribution is -2.44. The van der Waals surface area contributed by atoms with E-state index in [2.05, 4.69) is 21.4 Å². The topological polar surface area (TPSA) is 83.4 Å². The zero-order valence-electron chi connectivity index (χ0n) is 15.4. The molecule has 6 nitrogen and oxygen atoms in total. The van der Waals surface area contributed by atoms with Crippen LogP contribution in [0.2, 0.25) is 0 Å². The van der Waals surface area contributed by atoms with Gasteiger partial charge in [-0.2, -0.15) is 18.4 Å². The Morgan fingerprint density at radius 3 is 2.56 bits per heavy atom. The molecule has 1 heterocycles. The Labute approximate surface area is 155 Å². The first-order valence-electron chi connectivity index (χ1n) is 8.44. The number of amides is 1. The first kappa shape index (κ1) is 20.7. The molecular formula is C18H22F3N3O3. The first-order valence-corrected chi connectivity index (χ1v) is 8.44. The highest BCUT2D eigenvalue weighted by Crippen LogP contribution is 2.43. The van der Waals surface area contributed by atoms with E-state index in [9.17, 15) is 18.0 Å². The Hall–Kier alpha value is -2.63. The molecule has 0 aromatic heterocycles. The van der Waals surface area contributed by atoms with Crippen molar-refractivity contribution in [1.82, 2.24) is 0 Å². The summed E-state index contributed by atoms with van der Waals surface area (Å²) in [6, 6.07) is 6.92. The van der Waals surface area contributed by atoms with Gasteiger partial charge in [-0.15, -0.1) is 0 Å². The third-order valence-corrected chi connectivity index (χ3v) is 4.20. The van der Waals surface area contributed by atoms with Crippen LogP contribution in [0.15, 0.2) is 18.2 Å². The molecule has 0 spiro atoms. The van der Waals surface area contributed by atoms with E-state index < -0.39 is 17.9 Å². The molecule has 2 aliphatic rings. The van der Waals surface area contributed by atoms with Crippen molar-refractivity contribution in [2.75, 3.05) is 23.8 Å². The summed E-state index contributed by atoms with van der Waals surface area (Å²) in [5.74, 6) is 0.621. The van der Waals surface area contributed by atoms with Gasteiger partial charge in [0.25, 0.3) is 0 Å². The van der Waals surface area contributed by atoms with E-state index in [1.54, 1.807) is 12.1 Å². The van der Waals surface area contributed by atoms with Gasteiger partial charge in [-0.05, 0) is 51.8 Å². The van der Waals surface area contributed by atoms with Crippen LogP contribution in [0, 0.1) is 16.7 Å². The van der Waals surface area contributed by atoms with E-state index in [4.69, 9.17) is 10.00 Å². The van der Waals surface area contributed by atoms with Crippen LogP contribution >= 0.6 is 0 Å². The van der Waals surface area contributed by atoms with Gasteiger partial charge in [0.05, 0.1) is 17.2 Å². The summed E-state index contributed by atoms with van der Waals surface area (Å²) in [4.78, 5) is 11.6. The maximum atomic E-state index is 12.6. The van der Waals surface area contributed by atoms with Crippen LogP contribution in [0.1, 0.15) is 33.6 Å².